The molecule has 1 aromatic carbocycles. The van der Waals surface area contributed by atoms with E-state index in [4.69, 9.17) is 11.6 Å². The maximum absolute atomic E-state index is 12.6. The zero-order valence-electron chi connectivity index (χ0n) is 9.56. The Kier molecular flexibility index (Phi) is 4.25. The molecule has 0 amide bonds. The van der Waals surface area contributed by atoms with Crippen molar-refractivity contribution in [2.75, 3.05) is 23.9 Å². The molecule has 0 bridgehead atoms. The van der Waals surface area contributed by atoms with E-state index in [9.17, 15) is 8.78 Å². The van der Waals surface area contributed by atoms with E-state index in [0.717, 1.165) is 5.39 Å². The smallest absolute Gasteiger partial charge is 0.255 e. The lowest BCUT2D eigenvalue weighted by Gasteiger charge is -2.24. The topological polar surface area (TPSA) is 29.0 Å². The van der Waals surface area contributed by atoms with E-state index in [-0.39, 0.29) is 12.4 Å². The SMILES string of the molecule is FC(F)CN(CCCl)c1cnnc2ccccc12. The van der Waals surface area contributed by atoms with Gasteiger partial charge in [-0.2, -0.15) is 10.2 Å². The summed E-state index contributed by atoms with van der Waals surface area (Å²) in [4.78, 5) is 1.54. The van der Waals surface area contributed by atoms with Crippen molar-refractivity contribution in [3.05, 3.63) is 30.5 Å². The Labute approximate surface area is 108 Å². The zero-order valence-corrected chi connectivity index (χ0v) is 10.3. The van der Waals surface area contributed by atoms with Gasteiger partial charge in [0, 0.05) is 17.8 Å². The minimum Gasteiger partial charge on any atom is -0.363 e. The molecule has 3 nitrogen and oxygen atoms in total. The number of fused-ring (bicyclic) bond motifs is 1. The van der Waals surface area contributed by atoms with Crippen molar-refractivity contribution >= 4 is 28.2 Å². The monoisotopic (exact) mass is 271 g/mol. The van der Waals surface area contributed by atoms with Gasteiger partial charge in [-0.25, -0.2) is 8.78 Å². The molecular formula is C12H12ClF2N3. The average molecular weight is 272 g/mol. The summed E-state index contributed by atoms with van der Waals surface area (Å²) in [5.74, 6) is 0.281. The molecule has 96 valence electrons. The van der Waals surface area contributed by atoms with E-state index in [1.807, 2.05) is 18.2 Å². The lowest BCUT2D eigenvalue weighted by atomic mass is 10.2. The van der Waals surface area contributed by atoms with Crippen LogP contribution in [0.2, 0.25) is 0 Å². The number of benzene rings is 1. The van der Waals surface area contributed by atoms with Crippen LogP contribution in [0.15, 0.2) is 30.5 Å². The molecular weight excluding hydrogens is 260 g/mol. The van der Waals surface area contributed by atoms with Gasteiger partial charge in [0.2, 0.25) is 0 Å². The van der Waals surface area contributed by atoms with Crippen LogP contribution in [0, 0.1) is 0 Å². The van der Waals surface area contributed by atoms with Crippen molar-refractivity contribution in [3.63, 3.8) is 0 Å². The van der Waals surface area contributed by atoms with Crippen LogP contribution >= 0.6 is 11.6 Å². The highest BCUT2D eigenvalue weighted by atomic mass is 35.5. The molecule has 2 aromatic rings. The summed E-state index contributed by atoms with van der Waals surface area (Å²) < 4.78 is 25.1. The molecule has 0 atom stereocenters. The molecule has 1 heterocycles. The third kappa shape index (κ3) is 2.85. The zero-order chi connectivity index (χ0) is 13.0. The van der Waals surface area contributed by atoms with Crippen molar-refractivity contribution in [1.29, 1.82) is 0 Å². The van der Waals surface area contributed by atoms with E-state index in [0.29, 0.717) is 17.7 Å². The molecule has 0 radical (unpaired) electrons. The fourth-order valence-corrected chi connectivity index (χ4v) is 2.03. The molecule has 0 spiro atoms. The van der Waals surface area contributed by atoms with Gasteiger partial charge in [0.05, 0.1) is 23.9 Å². The van der Waals surface area contributed by atoms with Gasteiger partial charge in [-0.3, -0.25) is 0 Å². The van der Waals surface area contributed by atoms with E-state index in [2.05, 4.69) is 10.2 Å². The highest BCUT2D eigenvalue weighted by Crippen LogP contribution is 2.24. The Morgan fingerprint density at radius 1 is 1.28 bits per heavy atom. The maximum Gasteiger partial charge on any atom is 0.255 e. The molecule has 2 rings (SSSR count). The molecule has 18 heavy (non-hydrogen) atoms. The predicted octanol–water partition coefficient (Wildman–Crippen LogP) is 2.94. The van der Waals surface area contributed by atoms with Gasteiger partial charge in [-0.1, -0.05) is 18.2 Å². The lowest BCUT2D eigenvalue weighted by molar-refractivity contribution is 0.155. The summed E-state index contributed by atoms with van der Waals surface area (Å²) in [6, 6.07) is 7.31. The lowest BCUT2D eigenvalue weighted by Crippen LogP contribution is -2.31. The van der Waals surface area contributed by atoms with Crippen LogP contribution in [-0.2, 0) is 0 Å². The van der Waals surface area contributed by atoms with E-state index < -0.39 is 6.43 Å². The largest absolute Gasteiger partial charge is 0.363 e. The van der Waals surface area contributed by atoms with E-state index in [1.54, 1.807) is 6.07 Å². The number of hydrogen-bond donors (Lipinski definition) is 0. The Morgan fingerprint density at radius 2 is 2.06 bits per heavy atom. The second kappa shape index (κ2) is 5.91. The number of nitrogens with zero attached hydrogens (tertiary/aromatic N) is 3. The Morgan fingerprint density at radius 3 is 2.78 bits per heavy atom. The van der Waals surface area contributed by atoms with Gasteiger partial charge in [-0.15, -0.1) is 11.6 Å². The van der Waals surface area contributed by atoms with Crippen LogP contribution < -0.4 is 4.90 Å². The van der Waals surface area contributed by atoms with Gasteiger partial charge in [-0.05, 0) is 6.07 Å². The number of aromatic nitrogens is 2. The standard InChI is InChI=1S/C12H12ClF2N3/c13-5-6-18(8-12(14)15)11-7-16-17-10-4-2-1-3-9(10)11/h1-4,7,12H,5-6,8H2. The molecule has 0 saturated carbocycles. The molecule has 0 aliphatic heterocycles. The molecule has 0 N–H and O–H groups in total. The summed E-state index contributed by atoms with van der Waals surface area (Å²) in [5, 5.41) is 8.61. The molecule has 0 unspecified atom stereocenters. The average Bonchev–Trinajstić information content (AvgIpc) is 2.37. The number of alkyl halides is 3. The molecule has 6 heteroatoms. The molecule has 0 saturated heterocycles. The first-order chi connectivity index (χ1) is 8.72. The fraction of sp³-hybridized carbons (Fsp3) is 0.333. The number of anilines is 1. The summed E-state index contributed by atoms with van der Waals surface area (Å²) in [6.07, 6.45) is -0.919. The summed E-state index contributed by atoms with van der Waals surface area (Å²) >= 11 is 5.66. The third-order valence-corrected chi connectivity index (χ3v) is 2.75. The second-order valence-corrected chi connectivity index (χ2v) is 4.15. The highest BCUT2D eigenvalue weighted by Gasteiger charge is 2.15. The minimum absolute atomic E-state index is 0.281. The predicted molar refractivity (Wildman–Crippen MR) is 68.5 cm³/mol. The normalized spacial score (nSPS) is 11.1. The van der Waals surface area contributed by atoms with Crippen LogP contribution in [0.3, 0.4) is 0 Å². The Bertz CT molecular complexity index is 516. The number of rotatable bonds is 5. The van der Waals surface area contributed by atoms with Gasteiger partial charge >= 0.3 is 0 Å². The van der Waals surface area contributed by atoms with Crippen molar-refractivity contribution in [3.8, 4) is 0 Å². The molecule has 0 aliphatic carbocycles. The molecule has 0 aliphatic rings. The summed E-state index contributed by atoms with van der Waals surface area (Å²) in [7, 11) is 0. The van der Waals surface area contributed by atoms with Gasteiger partial charge < -0.3 is 4.90 Å². The highest BCUT2D eigenvalue weighted by molar-refractivity contribution is 6.18. The first-order valence-corrected chi connectivity index (χ1v) is 6.05. The van der Waals surface area contributed by atoms with Crippen LogP contribution in [0.25, 0.3) is 10.9 Å². The Balaban J connectivity index is 2.43. The van der Waals surface area contributed by atoms with Crippen molar-refractivity contribution < 1.29 is 8.78 Å². The van der Waals surface area contributed by atoms with Crippen LogP contribution in [-0.4, -0.2) is 35.6 Å². The van der Waals surface area contributed by atoms with Crippen molar-refractivity contribution in [2.24, 2.45) is 0 Å². The quantitative estimate of drug-likeness (QED) is 0.783. The summed E-state index contributed by atoms with van der Waals surface area (Å²) in [5.41, 5.74) is 1.32. The van der Waals surface area contributed by atoms with E-state index in [1.165, 1.54) is 11.1 Å². The van der Waals surface area contributed by atoms with Gasteiger partial charge in [0.15, 0.2) is 0 Å². The van der Waals surface area contributed by atoms with Crippen LogP contribution in [0.1, 0.15) is 0 Å². The number of halogens is 3. The van der Waals surface area contributed by atoms with E-state index >= 15 is 0 Å². The number of hydrogen-bond acceptors (Lipinski definition) is 3. The van der Waals surface area contributed by atoms with Crippen molar-refractivity contribution in [2.45, 2.75) is 6.43 Å². The fourth-order valence-electron chi connectivity index (χ4n) is 1.82. The first kappa shape index (κ1) is 13.0. The third-order valence-electron chi connectivity index (χ3n) is 2.58. The molecule has 0 fully saturated rings. The maximum atomic E-state index is 12.6. The van der Waals surface area contributed by atoms with Crippen LogP contribution in [0.5, 0.6) is 0 Å². The van der Waals surface area contributed by atoms with Crippen molar-refractivity contribution in [1.82, 2.24) is 10.2 Å². The Hall–Kier alpha value is -1.49. The molecule has 1 aromatic heterocycles. The summed E-state index contributed by atoms with van der Waals surface area (Å²) in [6.45, 7) is -0.00993. The first-order valence-electron chi connectivity index (χ1n) is 5.52. The van der Waals surface area contributed by atoms with Gasteiger partial charge in [0.1, 0.15) is 0 Å². The van der Waals surface area contributed by atoms with Crippen LogP contribution in [0.4, 0.5) is 14.5 Å². The minimum atomic E-state index is -2.42. The second-order valence-electron chi connectivity index (χ2n) is 3.77. The van der Waals surface area contributed by atoms with Gasteiger partial charge in [0.25, 0.3) is 6.43 Å².